The van der Waals surface area contributed by atoms with E-state index >= 15 is 0 Å². The lowest BCUT2D eigenvalue weighted by atomic mass is 10.0. The van der Waals surface area contributed by atoms with Gasteiger partial charge in [0, 0.05) is 23.9 Å². The monoisotopic (exact) mass is 247 g/mol. The lowest BCUT2D eigenvalue weighted by Crippen LogP contribution is -2.09. The summed E-state index contributed by atoms with van der Waals surface area (Å²) < 4.78 is 0. The van der Waals surface area contributed by atoms with Gasteiger partial charge < -0.3 is 20.3 Å². The van der Waals surface area contributed by atoms with Crippen LogP contribution >= 0.6 is 0 Å². The van der Waals surface area contributed by atoms with Crippen molar-refractivity contribution < 1.29 is 20.1 Å². The van der Waals surface area contributed by atoms with Gasteiger partial charge in [0.15, 0.2) is 17.3 Å². The lowest BCUT2D eigenvalue weighted by molar-refractivity contribution is 0.103. The summed E-state index contributed by atoms with van der Waals surface area (Å²) in [7, 11) is 0. The van der Waals surface area contributed by atoms with Crippen LogP contribution in [-0.4, -0.2) is 26.1 Å². The predicted molar refractivity (Wildman–Crippen MR) is 61.9 cm³/mol. The first-order chi connectivity index (χ1) is 8.49. The smallest absolute Gasteiger partial charge is 0.248 e. The largest absolute Gasteiger partial charge is 0.507 e. The van der Waals surface area contributed by atoms with Crippen molar-refractivity contribution in [2.24, 2.45) is 0 Å². The van der Waals surface area contributed by atoms with Gasteiger partial charge in [-0.2, -0.15) is 0 Å². The molecule has 18 heavy (non-hydrogen) atoms. The van der Waals surface area contributed by atoms with E-state index in [0.29, 0.717) is 0 Å². The minimum absolute atomic E-state index is 0.0686. The molecule has 0 aliphatic rings. The first-order valence-corrected chi connectivity index (χ1v) is 4.97. The molecule has 2 aromatic rings. The van der Waals surface area contributed by atoms with Crippen LogP contribution in [0.15, 0.2) is 35.3 Å². The summed E-state index contributed by atoms with van der Waals surface area (Å²) in [6, 6.07) is 4.24. The zero-order valence-electron chi connectivity index (χ0n) is 9.04. The van der Waals surface area contributed by atoms with E-state index in [2.05, 4.69) is 4.98 Å². The normalized spacial score (nSPS) is 10.2. The number of pyridine rings is 1. The first kappa shape index (κ1) is 11.7. The van der Waals surface area contributed by atoms with Crippen LogP contribution in [0.3, 0.4) is 0 Å². The van der Waals surface area contributed by atoms with E-state index in [0.717, 1.165) is 18.2 Å². The van der Waals surface area contributed by atoms with Gasteiger partial charge >= 0.3 is 0 Å². The number of aromatic nitrogens is 1. The average Bonchev–Trinajstić information content (AvgIpc) is 2.33. The van der Waals surface area contributed by atoms with Crippen LogP contribution < -0.4 is 5.56 Å². The fourth-order valence-electron chi connectivity index (χ4n) is 1.49. The van der Waals surface area contributed by atoms with E-state index in [1.54, 1.807) is 0 Å². The van der Waals surface area contributed by atoms with Crippen LogP contribution in [0.1, 0.15) is 15.9 Å². The van der Waals surface area contributed by atoms with Crippen molar-refractivity contribution in [1.82, 2.24) is 4.98 Å². The van der Waals surface area contributed by atoms with E-state index < -0.39 is 28.6 Å². The zero-order valence-corrected chi connectivity index (χ0v) is 9.04. The summed E-state index contributed by atoms with van der Waals surface area (Å²) in [6.45, 7) is 0. The number of rotatable bonds is 2. The molecule has 0 saturated carbocycles. The second-order valence-electron chi connectivity index (χ2n) is 3.63. The summed E-state index contributed by atoms with van der Waals surface area (Å²) >= 11 is 0. The number of nitrogens with one attached hydrogen (secondary N) is 1. The number of ketones is 1. The Morgan fingerprint density at radius 1 is 1.00 bits per heavy atom. The fourth-order valence-corrected chi connectivity index (χ4v) is 1.49. The van der Waals surface area contributed by atoms with Crippen molar-refractivity contribution in [3.63, 3.8) is 0 Å². The third-order valence-corrected chi connectivity index (χ3v) is 2.37. The number of phenols is 3. The third-order valence-electron chi connectivity index (χ3n) is 2.37. The first-order valence-electron chi connectivity index (χ1n) is 4.97. The Labute approximate surface area is 101 Å². The molecule has 0 atom stereocenters. The minimum atomic E-state index is -0.631. The van der Waals surface area contributed by atoms with Gasteiger partial charge in [-0.1, -0.05) is 0 Å². The molecule has 0 unspecified atom stereocenters. The summed E-state index contributed by atoms with van der Waals surface area (Å²) in [5, 5.41) is 28.0. The highest BCUT2D eigenvalue weighted by molar-refractivity contribution is 6.10. The number of aromatic amines is 1. The number of benzene rings is 1. The molecule has 4 N–H and O–H groups in total. The van der Waals surface area contributed by atoms with Crippen LogP contribution in [0, 0.1) is 0 Å². The topological polar surface area (TPSA) is 111 Å². The third kappa shape index (κ3) is 2.03. The standard InChI is InChI=1S/C12H9NO5/c14-8-5-10(16)9(15)4-7(8)12(18)6-1-2-13-11(17)3-6/h1-5,14-16H,(H,13,17). The molecule has 0 aliphatic heterocycles. The number of hydrogen-bond donors (Lipinski definition) is 4. The van der Waals surface area contributed by atoms with Crippen molar-refractivity contribution in [1.29, 1.82) is 0 Å². The average molecular weight is 247 g/mol. The van der Waals surface area contributed by atoms with Crippen molar-refractivity contribution in [2.45, 2.75) is 0 Å². The van der Waals surface area contributed by atoms with Gasteiger partial charge in [-0.15, -0.1) is 0 Å². The highest BCUT2D eigenvalue weighted by Crippen LogP contribution is 2.33. The lowest BCUT2D eigenvalue weighted by Gasteiger charge is -2.05. The molecule has 0 saturated heterocycles. The van der Waals surface area contributed by atoms with Crippen LogP contribution in [0.4, 0.5) is 0 Å². The summed E-state index contributed by atoms with van der Waals surface area (Å²) in [5.74, 6) is -2.17. The maximum absolute atomic E-state index is 12.0. The number of aromatic hydroxyl groups is 3. The minimum Gasteiger partial charge on any atom is -0.507 e. The Morgan fingerprint density at radius 3 is 2.33 bits per heavy atom. The number of carbonyl (C=O) groups excluding carboxylic acids is 1. The van der Waals surface area contributed by atoms with Gasteiger partial charge in [-0.3, -0.25) is 9.59 Å². The summed E-state index contributed by atoms with van der Waals surface area (Å²) in [5.41, 5.74) is -0.585. The Hall–Kier alpha value is -2.76. The fraction of sp³-hybridized carbons (Fsp3) is 0. The maximum Gasteiger partial charge on any atom is 0.248 e. The molecule has 0 bridgehead atoms. The zero-order chi connectivity index (χ0) is 13.3. The molecule has 0 radical (unpaired) electrons. The molecule has 6 nitrogen and oxygen atoms in total. The van der Waals surface area contributed by atoms with Crippen LogP contribution in [0.2, 0.25) is 0 Å². The molecule has 0 amide bonds. The number of H-pyrrole nitrogens is 1. The number of carbonyl (C=O) groups is 1. The maximum atomic E-state index is 12.0. The Kier molecular flexibility index (Phi) is 2.77. The second-order valence-corrected chi connectivity index (χ2v) is 3.63. The van der Waals surface area contributed by atoms with Gasteiger partial charge in [0.25, 0.3) is 0 Å². The van der Waals surface area contributed by atoms with E-state index in [-0.39, 0.29) is 11.1 Å². The molecular weight excluding hydrogens is 238 g/mol. The summed E-state index contributed by atoms with van der Waals surface area (Å²) in [6.07, 6.45) is 1.30. The number of hydrogen-bond acceptors (Lipinski definition) is 5. The van der Waals surface area contributed by atoms with Crippen molar-refractivity contribution in [3.8, 4) is 17.2 Å². The van der Waals surface area contributed by atoms with Gasteiger partial charge in [-0.05, 0) is 12.1 Å². The van der Waals surface area contributed by atoms with Crippen molar-refractivity contribution >= 4 is 5.78 Å². The molecule has 0 aliphatic carbocycles. The van der Waals surface area contributed by atoms with E-state index in [9.17, 15) is 19.8 Å². The molecule has 0 spiro atoms. The molecule has 0 fully saturated rings. The molecule has 1 aromatic carbocycles. The van der Waals surface area contributed by atoms with Gasteiger partial charge in [0.2, 0.25) is 5.56 Å². The predicted octanol–water partition coefficient (Wildman–Crippen LogP) is 0.723. The Balaban J connectivity index is 2.53. The molecule has 1 aromatic heterocycles. The quantitative estimate of drug-likeness (QED) is 0.355. The molecule has 2 rings (SSSR count). The highest BCUT2D eigenvalue weighted by atomic mass is 16.3. The Morgan fingerprint density at radius 2 is 1.67 bits per heavy atom. The van der Waals surface area contributed by atoms with Crippen LogP contribution in [0.5, 0.6) is 17.2 Å². The van der Waals surface area contributed by atoms with Crippen LogP contribution in [-0.2, 0) is 0 Å². The molecule has 6 heteroatoms. The molecule has 1 heterocycles. The number of phenolic OH excluding ortho intramolecular Hbond substituents is 3. The van der Waals surface area contributed by atoms with E-state index in [1.807, 2.05) is 0 Å². The van der Waals surface area contributed by atoms with Crippen LogP contribution in [0.25, 0.3) is 0 Å². The van der Waals surface area contributed by atoms with E-state index in [4.69, 9.17) is 5.11 Å². The molecular formula is C12H9NO5. The van der Waals surface area contributed by atoms with Gasteiger partial charge in [0.05, 0.1) is 5.56 Å². The highest BCUT2D eigenvalue weighted by Gasteiger charge is 2.16. The second kappa shape index (κ2) is 4.25. The van der Waals surface area contributed by atoms with Crippen molar-refractivity contribution in [2.75, 3.05) is 0 Å². The van der Waals surface area contributed by atoms with Crippen molar-refractivity contribution in [3.05, 3.63) is 51.9 Å². The molecule has 92 valence electrons. The summed E-state index contributed by atoms with van der Waals surface area (Å²) in [4.78, 5) is 25.4. The Bertz CT molecular complexity index is 674. The van der Waals surface area contributed by atoms with Gasteiger partial charge in [-0.25, -0.2) is 0 Å². The SMILES string of the molecule is O=C(c1cc[nH]c(=O)c1)c1cc(O)c(O)cc1O. The van der Waals surface area contributed by atoms with Gasteiger partial charge in [0.1, 0.15) is 5.75 Å². The van der Waals surface area contributed by atoms with E-state index in [1.165, 1.54) is 12.3 Å².